The van der Waals surface area contributed by atoms with Crippen molar-refractivity contribution in [2.75, 3.05) is 0 Å². The zero-order valence-electron chi connectivity index (χ0n) is 9.62. The summed E-state index contributed by atoms with van der Waals surface area (Å²) in [6.07, 6.45) is 1.52. The van der Waals surface area contributed by atoms with Crippen LogP contribution < -0.4 is 0 Å². The molecule has 5 nitrogen and oxygen atoms in total. The first-order valence-corrected chi connectivity index (χ1v) is 6.47. The molecule has 0 fully saturated rings. The molecule has 0 spiro atoms. The van der Waals surface area contributed by atoms with Crippen molar-refractivity contribution < 1.29 is 10.0 Å². The normalized spacial score (nSPS) is 10.4. The van der Waals surface area contributed by atoms with Gasteiger partial charge in [-0.2, -0.15) is 0 Å². The molecule has 0 radical (unpaired) electrons. The molecule has 0 saturated heterocycles. The van der Waals surface area contributed by atoms with Crippen molar-refractivity contribution in [3.8, 4) is 0 Å². The number of halogens is 1. The fourth-order valence-electron chi connectivity index (χ4n) is 1.44. The van der Waals surface area contributed by atoms with Crippen LogP contribution in [0.5, 0.6) is 0 Å². The van der Waals surface area contributed by atoms with E-state index in [-0.39, 0.29) is 12.3 Å². The van der Waals surface area contributed by atoms with Gasteiger partial charge in [0.1, 0.15) is 5.03 Å². The number of aliphatic hydroxyl groups excluding tert-OH is 1. The minimum absolute atomic E-state index is 0.0440. The number of rotatable bonds is 4. The summed E-state index contributed by atoms with van der Waals surface area (Å²) in [7, 11) is 0. The van der Waals surface area contributed by atoms with Gasteiger partial charge in [-0.15, -0.1) is 0 Å². The maximum Gasteiger partial charge on any atom is 0.269 e. The van der Waals surface area contributed by atoms with Crippen molar-refractivity contribution in [3.05, 3.63) is 57.2 Å². The number of hydrogen-bond acceptors (Lipinski definition) is 5. The molecule has 1 heterocycles. The van der Waals surface area contributed by atoms with Crippen LogP contribution in [0.3, 0.4) is 0 Å². The molecular weight excluding hydrogens is 288 g/mol. The SMILES string of the molecule is O=[N+]([O-])c1ccc(Sc2ccc(Cl)cn2)c(CO)c1. The Kier molecular flexibility index (Phi) is 4.36. The van der Waals surface area contributed by atoms with Gasteiger partial charge in [0.15, 0.2) is 0 Å². The minimum atomic E-state index is -0.492. The first-order chi connectivity index (χ1) is 9.10. The van der Waals surface area contributed by atoms with Crippen molar-refractivity contribution in [2.45, 2.75) is 16.5 Å². The maximum absolute atomic E-state index is 10.7. The Morgan fingerprint density at radius 2 is 2.16 bits per heavy atom. The van der Waals surface area contributed by atoms with E-state index in [4.69, 9.17) is 11.6 Å². The van der Waals surface area contributed by atoms with Gasteiger partial charge in [0.2, 0.25) is 0 Å². The monoisotopic (exact) mass is 296 g/mol. The Morgan fingerprint density at radius 3 is 2.74 bits per heavy atom. The fourth-order valence-corrected chi connectivity index (χ4v) is 2.41. The van der Waals surface area contributed by atoms with E-state index in [0.717, 1.165) is 4.90 Å². The Bertz CT molecular complexity index is 604. The summed E-state index contributed by atoms with van der Waals surface area (Å²) in [5, 5.41) is 21.2. The highest BCUT2D eigenvalue weighted by Crippen LogP contribution is 2.31. The Balaban J connectivity index is 2.29. The molecule has 0 aliphatic heterocycles. The smallest absolute Gasteiger partial charge is 0.269 e. The molecule has 2 rings (SSSR count). The zero-order valence-corrected chi connectivity index (χ0v) is 11.2. The van der Waals surface area contributed by atoms with Gasteiger partial charge in [-0.1, -0.05) is 23.4 Å². The standard InChI is InChI=1S/C12H9ClN2O3S/c13-9-1-4-12(14-6-9)19-11-3-2-10(15(17)18)5-8(11)7-16/h1-6,16H,7H2. The summed E-state index contributed by atoms with van der Waals surface area (Å²) in [6, 6.07) is 7.82. The molecule has 0 aliphatic carbocycles. The first-order valence-electron chi connectivity index (χ1n) is 5.27. The van der Waals surface area contributed by atoms with Crippen LogP contribution in [-0.4, -0.2) is 15.0 Å². The van der Waals surface area contributed by atoms with Crippen LogP contribution >= 0.6 is 23.4 Å². The number of nitro groups is 1. The fraction of sp³-hybridized carbons (Fsp3) is 0.0833. The molecule has 0 atom stereocenters. The molecular formula is C12H9ClN2O3S. The van der Waals surface area contributed by atoms with Gasteiger partial charge in [0.05, 0.1) is 16.6 Å². The summed E-state index contributed by atoms with van der Waals surface area (Å²) in [5.41, 5.74) is 0.452. The number of non-ortho nitro benzene ring substituents is 1. The predicted molar refractivity (Wildman–Crippen MR) is 72.4 cm³/mol. The lowest BCUT2D eigenvalue weighted by Crippen LogP contribution is -1.93. The van der Waals surface area contributed by atoms with E-state index in [2.05, 4.69) is 4.98 Å². The van der Waals surface area contributed by atoms with E-state index in [1.165, 1.54) is 30.1 Å². The predicted octanol–water partition coefficient (Wildman–Crippen LogP) is 3.29. The van der Waals surface area contributed by atoms with Gasteiger partial charge in [-0.25, -0.2) is 4.98 Å². The van der Waals surface area contributed by atoms with E-state index >= 15 is 0 Å². The first kappa shape index (κ1) is 13.8. The third-order valence-corrected chi connectivity index (χ3v) is 3.63. The average Bonchev–Trinajstić information content (AvgIpc) is 2.41. The Labute approximate surface area is 118 Å². The largest absolute Gasteiger partial charge is 0.392 e. The highest BCUT2D eigenvalue weighted by atomic mass is 35.5. The lowest BCUT2D eigenvalue weighted by molar-refractivity contribution is -0.385. The van der Waals surface area contributed by atoms with Crippen molar-refractivity contribution in [2.24, 2.45) is 0 Å². The van der Waals surface area contributed by atoms with Gasteiger partial charge < -0.3 is 5.11 Å². The maximum atomic E-state index is 10.7. The van der Waals surface area contributed by atoms with Gasteiger partial charge in [0.25, 0.3) is 5.69 Å². The number of nitro benzene ring substituents is 1. The number of pyridine rings is 1. The summed E-state index contributed by atoms with van der Waals surface area (Å²) >= 11 is 7.06. The summed E-state index contributed by atoms with van der Waals surface area (Å²) in [4.78, 5) is 15.0. The second kappa shape index (κ2) is 6.01. The topological polar surface area (TPSA) is 76.3 Å². The van der Waals surface area contributed by atoms with Crippen LogP contribution in [-0.2, 0) is 6.61 Å². The number of nitrogens with zero attached hydrogens (tertiary/aromatic N) is 2. The lowest BCUT2D eigenvalue weighted by atomic mass is 10.2. The Hall–Kier alpha value is -1.63. The van der Waals surface area contributed by atoms with Crippen molar-refractivity contribution >= 4 is 29.1 Å². The van der Waals surface area contributed by atoms with E-state index in [0.29, 0.717) is 15.6 Å². The summed E-state index contributed by atoms with van der Waals surface area (Å²) in [6.45, 7) is -0.266. The third-order valence-electron chi connectivity index (χ3n) is 2.34. The number of hydrogen-bond donors (Lipinski definition) is 1. The highest BCUT2D eigenvalue weighted by molar-refractivity contribution is 7.99. The lowest BCUT2D eigenvalue weighted by Gasteiger charge is -2.06. The van der Waals surface area contributed by atoms with Crippen LogP contribution in [0, 0.1) is 10.1 Å². The van der Waals surface area contributed by atoms with Crippen LogP contribution in [0.25, 0.3) is 0 Å². The summed E-state index contributed by atoms with van der Waals surface area (Å²) in [5.74, 6) is 0. The highest BCUT2D eigenvalue weighted by Gasteiger charge is 2.11. The zero-order chi connectivity index (χ0) is 13.8. The molecule has 0 unspecified atom stereocenters. The molecule has 2 aromatic rings. The second-order valence-electron chi connectivity index (χ2n) is 3.62. The average molecular weight is 297 g/mol. The van der Waals surface area contributed by atoms with Gasteiger partial charge in [-0.3, -0.25) is 10.1 Å². The molecule has 7 heteroatoms. The molecule has 1 aromatic heterocycles. The van der Waals surface area contributed by atoms with Crippen molar-refractivity contribution in [1.82, 2.24) is 4.98 Å². The second-order valence-corrected chi connectivity index (χ2v) is 5.12. The van der Waals surface area contributed by atoms with Crippen LogP contribution in [0.4, 0.5) is 5.69 Å². The van der Waals surface area contributed by atoms with Crippen molar-refractivity contribution in [3.63, 3.8) is 0 Å². The molecule has 98 valence electrons. The minimum Gasteiger partial charge on any atom is -0.392 e. The number of benzene rings is 1. The number of aromatic nitrogens is 1. The quantitative estimate of drug-likeness (QED) is 0.692. The molecule has 1 aromatic carbocycles. The van der Waals surface area contributed by atoms with E-state index in [1.807, 2.05) is 0 Å². The molecule has 1 N–H and O–H groups in total. The van der Waals surface area contributed by atoms with Crippen LogP contribution in [0.2, 0.25) is 5.02 Å². The van der Waals surface area contributed by atoms with Crippen molar-refractivity contribution in [1.29, 1.82) is 0 Å². The van der Waals surface area contributed by atoms with E-state index < -0.39 is 4.92 Å². The molecule has 0 aliphatic rings. The van der Waals surface area contributed by atoms with E-state index in [1.54, 1.807) is 18.2 Å². The summed E-state index contributed by atoms with van der Waals surface area (Å²) < 4.78 is 0. The van der Waals surface area contributed by atoms with Crippen LogP contribution in [0.1, 0.15) is 5.56 Å². The third kappa shape index (κ3) is 3.44. The van der Waals surface area contributed by atoms with Gasteiger partial charge in [-0.05, 0) is 23.8 Å². The molecule has 0 amide bonds. The van der Waals surface area contributed by atoms with Gasteiger partial charge in [0, 0.05) is 23.2 Å². The van der Waals surface area contributed by atoms with Gasteiger partial charge >= 0.3 is 0 Å². The van der Waals surface area contributed by atoms with Crippen LogP contribution in [0.15, 0.2) is 46.5 Å². The molecule has 19 heavy (non-hydrogen) atoms. The van der Waals surface area contributed by atoms with E-state index in [9.17, 15) is 15.2 Å². The molecule has 0 bridgehead atoms. The molecule has 0 saturated carbocycles. The number of aliphatic hydroxyl groups is 1. The Morgan fingerprint density at radius 1 is 1.37 bits per heavy atom.